The van der Waals surface area contributed by atoms with E-state index in [9.17, 15) is 9.18 Å². The van der Waals surface area contributed by atoms with Gasteiger partial charge in [0, 0.05) is 9.65 Å². The van der Waals surface area contributed by atoms with E-state index in [1.54, 1.807) is 6.07 Å². The van der Waals surface area contributed by atoms with Crippen molar-refractivity contribution in [2.45, 2.75) is 0 Å². The number of hydrogen-bond acceptors (Lipinski definition) is 1. The van der Waals surface area contributed by atoms with Gasteiger partial charge in [-0.2, -0.15) is 0 Å². The summed E-state index contributed by atoms with van der Waals surface area (Å²) in [5.41, 5.74) is 0.525. The summed E-state index contributed by atoms with van der Waals surface area (Å²) in [4.78, 5) is 10.2. The molecule has 0 amide bonds. The normalized spacial score (nSPS) is 10.8. The van der Waals surface area contributed by atoms with Crippen molar-refractivity contribution < 1.29 is 14.3 Å². The average molecular weight is 371 g/mol. The van der Waals surface area contributed by atoms with Crippen LogP contribution in [0.25, 0.3) is 6.08 Å². The predicted molar refractivity (Wildman–Crippen MR) is 63.5 cm³/mol. The van der Waals surface area contributed by atoms with Crippen molar-refractivity contribution >= 4 is 50.6 Å². The highest BCUT2D eigenvalue weighted by atomic mass is 127. The van der Waals surface area contributed by atoms with Gasteiger partial charge in [0.25, 0.3) is 0 Å². The highest BCUT2D eigenvalue weighted by Gasteiger charge is 2.04. The topological polar surface area (TPSA) is 37.3 Å². The minimum absolute atomic E-state index is 0.394. The van der Waals surface area contributed by atoms with Crippen LogP contribution in [-0.2, 0) is 4.79 Å². The maximum absolute atomic E-state index is 13.1. The van der Waals surface area contributed by atoms with Crippen LogP contribution in [0.2, 0.25) is 0 Å². The van der Waals surface area contributed by atoms with Crippen molar-refractivity contribution in [3.63, 3.8) is 0 Å². The van der Waals surface area contributed by atoms with Crippen molar-refractivity contribution in [3.05, 3.63) is 37.6 Å². The molecule has 0 atom stereocenters. The Morgan fingerprint density at radius 1 is 1.57 bits per heavy atom. The number of carbonyl (C=O) groups is 1. The fraction of sp³-hybridized carbons (Fsp3) is 0. The van der Waals surface area contributed by atoms with Gasteiger partial charge in [-0.25, -0.2) is 9.18 Å². The van der Waals surface area contributed by atoms with E-state index in [2.05, 4.69) is 15.9 Å². The SMILES string of the molecule is O=C(O)/C=C/c1cc(F)c(Br)c(I)c1. The van der Waals surface area contributed by atoms with Crippen LogP contribution in [0.15, 0.2) is 22.7 Å². The fourth-order valence-corrected chi connectivity index (χ4v) is 1.68. The lowest BCUT2D eigenvalue weighted by Crippen LogP contribution is -1.88. The standard InChI is InChI=1S/C9H5BrFIO2/c10-9-6(11)3-5(4-7(9)12)1-2-8(13)14/h1-4H,(H,13,14)/b2-1+. The molecule has 0 aliphatic rings. The van der Waals surface area contributed by atoms with Crippen LogP contribution in [-0.4, -0.2) is 11.1 Å². The average Bonchev–Trinajstić information content (AvgIpc) is 2.10. The monoisotopic (exact) mass is 370 g/mol. The molecule has 0 aromatic heterocycles. The summed E-state index contributed by atoms with van der Waals surface area (Å²) in [5.74, 6) is -1.45. The molecule has 1 aromatic carbocycles. The first-order valence-corrected chi connectivity index (χ1v) is 5.43. The smallest absolute Gasteiger partial charge is 0.328 e. The summed E-state index contributed by atoms with van der Waals surface area (Å²) in [6, 6.07) is 2.96. The number of benzene rings is 1. The Bertz CT molecular complexity index is 381. The summed E-state index contributed by atoms with van der Waals surface area (Å²) < 4.78 is 14.2. The van der Waals surface area contributed by atoms with Gasteiger partial charge in [-0.3, -0.25) is 0 Å². The van der Waals surface area contributed by atoms with E-state index >= 15 is 0 Å². The van der Waals surface area contributed by atoms with Crippen LogP contribution < -0.4 is 0 Å². The maximum atomic E-state index is 13.1. The van der Waals surface area contributed by atoms with E-state index in [-0.39, 0.29) is 0 Å². The van der Waals surface area contributed by atoms with Gasteiger partial charge in [0.1, 0.15) is 5.82 Å². The second-order valence-corrected chi connectivity index (χ2v) is 4.43. The van der Waals surface area contributed by atoms with E-state index in [0.717, 1.165) is 6.08 Å². The van der Waals surface area contributed by atoms with Gasteiger partial charge in [0.15, 0.2) is 0 Å². The second kappa shape index (κ2) is 4.88. The molecule has 0 spiro atoms. The molecule has 0 aliphatic heterocycles. The molecule has 0 saturated carbocycles. The Hall–Kier alpha value is -0.430. The van der Waals surface area contributed by atoms with E-state index in [4.69, 9.17) is 5.11 Å². The Balaban J connectivity index is 3.07. The maximum Gasteiger partial charge on any atom is 0.328 e. The molecule has 0 heterocycles. The van der Waals surface area contributed by atoms with Crippen LogP contribution in [0.5, 0.6) is 0 Å². The first-order valence-electron chi connectivity index (χ1n) is 3.56. The molecule has 14 heavy (non-hydrogen) atoms. The molecule has 1 aromatic rings. The summed E-state index contributed by atoms with van der Waals surface area (Å²) in [7, 11) is 0. The highest BCUT2D eigenvalue weighted by Crippen LogP contribution is 2.24. The lowest BCUT2D eigenvalue weighted by Gasteiger charge is -2.00. The van der Waals surface area contributed by atoms with Crippen LogP contribution in [0.4, 0.5) is 4.39 Å². The molecular weight excluding hydrogens is 366 g/mol. The number of aliphatic carboxylic acids is 1. The summed E-state index contributed by atoms with van der Waals surface area (Å²) in [5, 5.41) is 8.38. The van der Waals surface area contributed by atoms with Gasteiger partial charge in [0.2, 0.25) is 0 Å². The van der Waals surface area contributed by atoms with E-state index in [1.165, 1.54) is 12.1 Å². The largest absolute Gasteiger partial charge is 0.478 e. The first-order chi connectivity index (χ1) is 6.50. The number of carboxylic acids is 1. The molecule has 0 unspecified atom stereocenters. The number of halogens is 3. The lowest BCUT2D eigenvalue weighted by atomic mass is 10.2. The van der Waals surface area contributed by atoms with Crippen LogP contribution in [0.3, 0.4) is 0 Å². The van der Waals surface area contributed by atoms with Crippen molar-refractivity contribution in [1.29, 1.82) is 0 Å². The van der Waals surface area contributed by atoms with Crippen molar-refractivity contribution in [1.82, 2.24) is 0 Å². The Morgan fingerprint density at radius 2 is 2.21 bits per heavy atom. The Kier molecular flexibility index (Phi) is 4.06. The van der Waals surface area contributed by atoms with E-state index < -0.39 is 11.8 Å². The minimum Gasteiger partial charge on any atom is -0.478 e. The number of carboxylic acid groups (broad SMARTS) is 1. The molecule has 1 rings (SSSR count). The van der Waals surface area contributed by atoms with Crippen molar-refractivity contribution in [2.75, 3.05) is 0 Å². The van der Waals surface area contributed by atoms with Crippen LogP contribution >= 0.6 is 38.5 Å². The molecule has 74 valence electrons. The van der Waals surface area contributed by atoms with Gasteiger partial charge in [-0.15, -0.1) is 0 Å². The van der Waals surface area contributed by atoms with Gasteiger partial charge in [0.05, 0.1) is 4.47 Å². The second-order valence-electron chi connectivity index (χ2n) is 2.47. The molecule has 0 fully saturated rings. The zero-order chi connectivity index (χ0) is 10.7. The van der Waals surface area contributed by atoms with Crippen LogP contribution in [0, 0.1) is 9.39 Å². The lowest BCUT2D eigenvalue weighted by molar-refractivity contribution is -0.131. The quantitative estimate of drug-likeness (QED) is 0.492. The molecule has 5 heteroatoms. The third-order valence-corrected chi connectivity index (χ3v) is 3.82. The molecule has 0 radical (unpaired) electrons. The van der Waals surface area contributed by atoms with Gasteiger partial charge in [-0.05, 0) is 62.3 Å². The summed E-state index contributed by atoms with van der Waals surface area (Å²) >= 11 is 5.03. The zero-order valence-corrected chi connectivity index (χ0v) is 10.5. The Labute approximate surface area is 102 Å². The fourth-order valence-electron chi connectivity index (χ4n) is 0.839. The first kappa shape index (κ1) is 11.6. The molecule has 0 bridgehead atoms. The third-order valence-electron chi connectivity index (χ3n) is 1.42. The molecule has 1 N–H and O–H groups in total. The summed E-state index contributed by atoms with van der Waals surface area (Å²) in [6.07, 6.45) is 2.32. The predicted octanol–water partition coefficient (Wildman–Crippen LogP) is 3.29. The van der Waals surface area contributed by atoms with Gasteiger partial charge in [-0.1, -0.05) is 0 Å². The van der Waals surface area contributed by atoms with E-state index in [0.29, 0.717) is 13.6 Å². The molecule has 2 nitrogen and oxygen atoms in total. The Morgan fingerprint density at radius 3 is 2.71 bits per heavy atom. The van der Waals surface area contributed by atoms with Crippen LogP contribution in [0.1, 0.15) is 5.56 Å². The van der Waals surface area contributed by atoms with Crippen molar-refractivity contribution in [3.8, 4) is 0 Å². The summed E-state index contributed by atoms with van der Waals surface area (Å²) in [6.45, 7) is 0. The molecular formula is C9H5BrFIO2. The molecule has 0 saturated heterocycles. The number of rotatable bonds is 2. The van der Waals surface area contributed by atoms with E-state index in [1.807, 2.05) is 22.6 Å². The minimum atomic E-state index is -1.05. The molecule has 0 aliphatic carbocycles. The number of hydrogen-bond donors (Lipinski definition) is 1. The van der Waals surface area contributed by atoms with Crippen molar-refractivity contribution in [2.24, 2.45) is 0 Å². The zero-order valence-electron chi connectivity index (χ0n) is 6.80. The van der Waals surface area contributed by atoms with Gasteiger partial charge < -0.3 is 5.11 Å². The highest BCUT2D eigenvalue weighted by molar-refractivity contribution is 14.1. The van der Waals surface area contributed by atoms with Gasteiger partial charge >= 0.3 is 5.97 Å². The third kappa shape index (κ3) is 3.06.